The SMILES string of the molecule is CC1SCCSC1c1noc(-c2ccc(Cl)cc2N)n1. The molecule has 2 unspecified atom stereocenters. The normalized spacial score (nSPS) is 22.9. The number of nitrogens with two attached hydrogens (primary N) is 1. The first kappa shape index (κ1) is 14.1. The Morgan fingerprint density at radius 3 is 2.90 bits per heavy atom. The first-order valence-electron chi connectivity index (χ1n) is 6.27. The van der Waals surface area contributed by atoms with Gasteiger partial charge in [0, 0.05) is 27.5 Å². The highest BCUT2D eigenvalue weighted by Gasteiger charge is 2.28. The molecule has 1 aliphatic heterocycles. The first-order valence-corrected chi connectivity index (χ1v) is 8.75. The fourth-order valence-electron chi connectivity index (χ4n) is 2.10. The van der Waals surface area contributed by atoms with E-state index < -0.39 is 0 Å². The van der Waals surface area contributed by atoms with Crippen LogP contribution in [0.4, 0.5) is 5.69 Å². The van der Waals surface area contributed by atoms with Crippen LogP contribution in [0, 0.1) is 0 Å². The molecular weight excluding hydrogens is 314 g/mol. The molecule has 1 aromatic heterocycles. The average molecular weight is 328 g/mol. The topological polar surface area (TPSA) is 64.9 Å². The molecule has 2 aromatic rings. The van der Waals surface area contributed by atoms with E-state index in [9.17, 15) is 0 Å². The highest BCUT2D eigenvalue weighted by atomic mass is 35.5. The van der Waals surface area contributed by atoms with E-state index in [1.54, 1.807) is 18.2 Å². The smallest absolute Gasteiger partial charge is 0.260 e. The van der Waals surface area contributed by atoms with Crippen molar-refractivity contribution >= 4 is 40.8 Å². The van der Waals surface area contributed by atoms with Gasteiger partial charge < -0.3 is 10.3 Å². The predicted molar refractivity (Wildman–Crippen MR) is 86.3 cm³/mol. The summed E-state index contributed by atoms with van der Waals surface area (Å²) in [6, 6.07) is 5.26. The monoisotopic (exact) mass is 327 g/mol. The zero-order valence-corrected chi connectivity index (χ0v) is 13.3. The van der Waals surface area contributed by atoms with E-state index >= 15 is 0 Å². The van der Waals surface area contributed by atoms with Gasteiger partial charge in [-0.2, -0.15) is 16.7 Å². The maximum atomic E-state index is 5.95. The average Bonchev–Trinajstić information content (AvgIpc) is 2.88. The molecule has 4 nitrogen and oxygen atoms in total. The molecular formula is C13H14ClN3OS2. The number of hydrogen-bond donors (Lipinski definition) is 1. The fraction of sp³-hybridized carbons (Fsp3) is 0.385. The van der Waals surface area contributed by atoms with E-state index in [4.69, 9.17) is 21.9 Å². The summed E-state index contributed by atoms with van der Waals surface area (Å²) in [5.74, 6) is 3.50. The highest BCUT2D eigenvalue weighted by Crippen LogP contribution is 2.41. The summed E-state index contributed by atoms with van der Waals surface area (Å²) in [4.78, 5) is 4.51. The number of hydrogen-bond acceptors (Lipinski definition) is 6. The zero-order chi connectivity index (χ0) is 14.1. The van der Waals surface area contributed by atoms with Gasteiger partial charge in [0.25, 0.3) is 5.89 Å². The van der Waals surface area contributed by atoms with Gasteiger partial charge in [-0.15, -0.1) is 11.8 Å². The van der Waals surface area contributed by atoms with Crippen molar-refractivity contribution in [2.45, 2.75) is 17.4 Å². The van der Waals surface area contributed by atoms with Crippen molar-refractivity contribution < 1.29 is 4.52 Å². The molecule has 1 aliphatic rings. The third kappa shape index (κ3) is 2.77. The standard InChI is InChI=1S/C13H14ClN3OS2/c1-7-11(20-5-4-19-7)12-16-13(18-17-12)9-3-2-8(14)6-10(9)15/h2-3,6-7,11H,4-5,15H2,1H3. The molecule has 1 fully saturated rings. The minimum absolute atomic E-state index is 0.278. The number of thioether (sulfide) groups is 2. The lowest BCUT2D eigenvalue weighted by molar-refractivity contribution is 0.422. The molecule has 7 heteroatoms. The van der Waals surface area contributed by atoms with Crippen LogP contribution in [0.15, 0.2) is 22.7 Å². The first-order chi connectivity index (χ1) is 9.65. The predicted octanol–water partition coefficient (Wildman–Crippen LogP) is 3.88. The van der Waals surface area contributed by atoms with Crippen LogP contribution in [-0.2, 0) is 0 Å². The van der Waals surface area contributed by atoms with Crippen LogP contribution >= 0.6 is 35.1 Å². The Balaban J connectivity index is 1.89. The quantitative estimate of drug-likeness (QED) is 0.844. The molecule has 0 bridgehead atoms. The third-order valence-electron chi connectivity index (χ3n) is 3.13. The Hall–Kier alpha value is -0.850. The van der Waals surface area contributed by atoms with Crippen molar-refractivity contribution in [3.8, 4) is 11.5 Å². The van der Waals surface area contributed by atoms with Gasteiger partial charge >= 0.3 is 0 Å². The number of aromatic nitrogens is 2. The summed E-state index contributed by atoms with van der Waals surface area (Å²) in [5.41, 5.74) is 7.23. The maximum Gasteiger partial charge on any atom is 0.260 e. The fourth-order valence-corrected chi connectivity index (χ4v) is 4.96. The molecule has 1 aromatic carbocycles. The molecule has 0 saturated carbocycles. The van der Waals surface area contributed by atoms with Gasteiger partial charge in [-0.3, -0.25) is 0 Å². The molecule has 2 N–H and O–H groups in total. The largest absolute Gasteiger partial charge is 0.398 e. The lowest BCUT2D eigenvalue weighted by atomic mass is 10.2. The molecule has 2 heterocycles. The van der Waals surface area contributed by atoms with Crippen LogP contribution in [-0.4, -0.2) is 26.9 Å². The van der Waals surface area contributed by atoms with E-state index in [0.29, 0.717) is 21.9 Å². The van der Waals surface area contributed by atoms with Crippen LogP contribution in [0.2, 0.25) is 5.02 Å². The second-order valence-electron chi connectivity index (χ2n) is 4.56. The summed E-state index contributed by atoms with van der Waals surface area (Å²) >= 11 is 9.73. The van der Waals surface area contributed by atoms with Crippen LogP contribution in [0.3, 0.4) is 0 Å². The van der Waals surface area contributed by atoms with Gasteiger partial charge in [-0.25, -0.2) is 0 Å². The number of benzene rings is 1. The van der Waals surface area contributed by atoms with Crippen molar-refractivity contribution in [3.05, 3.63) is 29.0 Å². The summed E-state index contributed by atoms with van der Waals surface area (Å²) < 4.78 is 5.37. The number of nitrogens with zero attached hydrogens (tertiary/aromatic N) is 2. The van der Waals surface area contributed by atoms with Crippen molar-refractivity contribution in [2.75, 3.05) is 17.2 Å². The summed E-state index contributed by atoms with van der Waals surface area (Å²) in [6.07, 6.45) is 0. The van der Waals surface area contributed by atoms with Gasteiger partial charge in [0.05, 0.1) is 10.8 Å². The van der Waals surface area contributed by atoms with Gasteiger partial charge in [-0.1, -0.05) is 23.7 Å². The van der Waals surface area contributed by atoms with Crippen molar-refractivity contribution in [1.82, 2.24) is 10.1 Å². The second kappa shape index (κ2) is 5.87. The lowest BCUT2D eigenvalue weighted by Crippen LogP contribution is -2.16. The second-order valence-corrected chi connectivity index (χ2v) is 7.73. The number of anilines is 1. The van der Waals surface area contributed by atoms with Crippen LogP contribution < -0.4 is 5.73 Å². The van der Waals surface area contributed by atoms with E-state index in [-0.39, 0.29) is 5.25 Å². The Morgan fingerprint density at radius 1 is 1.35 bits per heavy atom. The van der Waals surface area contributed by atoms with Crippen molar-refractivity contribution in [1.29, 1.82) is 0 Å². The van der Waals surface area contributed by atoms with Crippen LogP contribution in [0.25, 0.3) is 11.5 Å². The zero-order valence-electron chi connectivity index (χ0n) is 10.9. The molecule has 0 amide bonds. The van der Waals surface area contributed by atoms with Gasteiger partial charge in [0.2, 0.25) is 0 Å². The third-order valence-corrected chi connectivity index (χ3v) is 6.45. The van der Waals surface area contributed by atoms with Gasteiger partial charge in [0.1, 0.15) is 0 Å². The highest BCUT2D eigenvalue weighted by molar-refractivity contribution is 8.06. The number of nitrogen functional groups attached to an aromatic ring is 1. The Labute approximate surface area is 130 Å². The molecule has 20 heavy (non-hydrogen) atoms. The molecule has 0 spiro atoms. The Morgan fingerprint density at radius 2 is 2.15 bits per heavy atom. The van der Waals surface area contributed by atoms with E-state index in [1.807, 2.05) is 23.5 Å². The van der Waals surface area contributed by atoms with Crippen molar-refractivity contribution in [3.63, 3.8) is 0 Å². The van der Waals surface area contributed by atoms with E-state index in [2.05, 4.69) is 17.1 Å². The van der Waals surface area contributed by atoms with Crippen LogP contribution in [0.5, 0.6) is 0 Å². The van der Waals surface area contributed by atoms with Gasteiger partial charge in [0.15, 0.2) is 5.82 Å². The molecule has 3 rings (SSSR count). The molecule has 2 atom stereocenters. The number of halogens is 1. The van der Waals surface area contributed by atoms with E-state index in [1.165, 1.54) is 5.75 Å². The van der Waals surface area contributed by atoms with Crippen molar-refractivity contribution in [2.24, 2.45) is 0 Å². The summed E-state index contributed by atoms with van der Waals surface area (Å²) in [5, 5.41) is 5.48. The lowest BCUT2D eigenvalue weighted by Gasteiger charge is -2.24. The molecule has 0 aliphatic carbocycles. The summed E-state index contributed by atoms with van der Waals surface area (Å²) in [7, 11) is 0. The minimum Gasteiger partial charge on any atom is -0.398 e. The molecule has 106 valence electrons. The van der Waals surface area contributed by atoms with E-state index in [0.717, 1.165) is 17.1 Å². The molecule has 1 saturated heterocycles. The summed E-state index contributed by atoms with van der Waals surface area (Å²) in [6.45, 7) is 2.20. The minimum atomic E-state index is 0.278. The molecule has 0 radical (unpaired) electrons. The van der Waals surface area contributed by atoms with Gasteiger partial charge in [-0.05, 0) is 18.2 Å². The Kier molecular flexibility index (Phi) is 4.14. The maximum absolute atomic E-state index is 5.95. The Bertz CT molecular complexity index is 619. The van der Waals surface area contributed by atoms with Crippen LogP contribution in [0.1, 0.15) is 18.0 Å². The number of rotatable bonds is 2.